The number of fused-ring (bicyclic) bond motifs is 1. The summed E-state index contributed by atoms with van der Waals surface area (Å²) in [5, 5.41) is 8.55. The molecule has 0 radical (unpaired) electrons. The van der Waals surface area contributed by atoms with Gasteiger partial charge in [-0.05, 0) is 55.8 Å². The molecular weight excluding hydrogens is 404 g/mol. The molecule has 0 saturated carbocycles. The zero-order valence-corrected chi connectivity index (χ0v) is 19.6. The topological polar surface area (TPSA) is 68.6 Å². The van der Waals surface area contributed by atoms with Crippen LogP contribution in [0.25, 0.3) is 0 Å². The van der Waals surface area contributed by atoms with E-state index in [0.717, 1.165) is 50.1 Å². The molecule has 7 nitrogen and oxygen atoms in total. The van der Waals surface area contributed by atoms with Gasteiger partial charge in [0.1, 0.15) is 5.75 Å². The number of aromatic nitrogens is 2. The highest BCUT2D eigenvalue weighted by molar-refractivity contribution is 5.94. The third-order valence-corrected chi connectivity index (χ3v) is 6.39. The van der Waals surface area contributed by atoms with Crippen molar-refractivity contribution in [2.75, 3.05) is 40.0 Å². The average molecular weight is 441 g/mol. The molecule has 1 aromatic heterocycles. The number of carbonyl (C=O) groups excluding carboxylic acids is 1. The van der Waals surface area contributed by atoms with Crippen molar-refractivity contribution in [3.63, 3.8) is 0 Å². The highest BCUT2D eigenvalue weighted by atomic mass is 16.5. The van der Waals surface area contributed by atoms with Gasteiger partial charge in [-0.1, -0.05) is 26.0 Å². The molecule has 1 fully saturated rings. The predicted octanol–water partition coefficient (Wildman–Crippen LogP) is 2.71. The van der Waals surface area contributed by atoms with Gasteiger partial charge in [-0.25, -0.2) is 0 Å². The van der Waals surface area contributed by atoms with Crippen LogP contribution in [0.15, 0.2) is 24.3 Å². The van der Waals surface area contributed by atoms with Gasteiger partial charge in [0.2, 0.25) is 0 Å². The second kappa shape index (κ2) is 10.5. The van der Waals surface area contributed by atoms with Crippen LogP contribution in [-0.4, -0.2) is 66.6 Å². The molecule has 2 aliphatic rings. The molecule has 2 heterocycles. The zero-order chi connectivity index (χ0) is 22.5. The Kier molecular flexibility index (Phi) is 7.48. The van der Waals surface area contributed by atoms with Crippen molar-refractivity contribution in [3.05, 3.63) is 46.8 Å². The number of nitrogens with one attached hydrogen (secondary N) is 1. The van der Waals surface area contributed by atoms with Crippen molar-refractivity contribution >= 4 is 5.91 Å². The molecule has 1 amide bonds. The van der Waals surface area contributed by atoms with Crippen molar-refractivity contribution in [2.45, 2.75) is 52.1 Å². The molecular formula is C25H36N4O3. The summed E-state index contributed by atoms with van der Waals surface area (Å²) in [7, 11) is 1.69. The zero-order valence-electron chi connectivity index (χ0n) is 19.6. The molecule has 32 heavy (non-hydrogen) atoms. The first-order valence-electron chi connectivity index (χ1n) is 11.9. The van der Waals surface area contributed by atoms with E-state index in [1.165, 1.54) is 11.3 Å². The quantitative estimate of drug-likeness (QED) is 0.684. The smallest absolute Gasteiger partial charge is 0.274 e. The normalized spacial score (nSPS) is 18.6. The lowest BCUT2D eigenvalue weighted by Gasteiger charge is -2.28. The van der Waals surface area contributed by atoms with Crippen LogP contribution in [0.2, 0.25) is 0 Å². The maximum atomic E-state index is 13.3. The number of morpholine rings is 1. The minimum Gasteiger partial charge on any atom is -0.497 e. The summed E-state index contributed by atoms with van der Waals surface area (Å²) < 4.78 is 12.8. The number of rotatable bonds is 8. The predicted molar refractivity (Wildman–Crippen MR) is 124 cm³/mol. The van der Waals surface area contributed by atoms with Crippen molar-refractivity contribution in [1.82, 2.24) is 20.0 Å². The van der Waals surface area contributed by atoms with Crippen molar-refractivity contribution in [3.8, 4) is 5.75 Å². The Bertz CT molecular complexity index is 901. The van der Waals surface area contributed by atoms with Gasteiger partial charge >= 0.3 is 0 Å². The third kappa shape index (κ3) is 5.33. The molecule has 174 valence electrons. The summed E-state index contributed by atoms with van der Waals surface area (Å²) in [5.74, 6) is 1.44. The van der Waals surface area contributed by atoms with Gasteiger partial charge in [-0.15, -0.1) is 0 Å². The Balaban J connectivity index is 1.43. The molecule has 1 N–H and O–H groups in total. The number of carbonyl (C=O) groups is 1. The molecule has 2 aromatic rings. The van der Waals surface area contributed by atoms with E-state index < -0.39 is 0 Å². The van der Waals surface area contributed by atoms with Gasteiger partial charge in [0.25, 0.3) is 5.91 Å². The molecule has 1 aromatic carbocycles. The first-order chi connectivity index (χ1) is 15.5. The van der Waals surface area contributed by atoms with E-state index in [-0.39, 0.29) is 5.91 Å². The summed E-state index contributed by atoms with van der Waals surface area (Å²) in [5.41, 5.74) is 4.35. The lowest BCUT2D eigenvalue weighted by molar-refractivity contribution is 0.0297. The summed E-state index contributed by atoms with van der Waals surface area (Å²) in [6.45, 7) is 8.68. The van der Waals surface area contributed by atoms with Gasteiger partial charge in [0, 0.05) is 36.9 Å². The summed E-state index contributed by atoms with van der Waals surface area (Å²) >= 11 is 0. The van der Waals surface area contributed by atoms with Crippen LogP contribution in [0.5, 0.6) is 5.75 Å². The third-order valence-electron chi connectivity index (χ3n) is 6.39. The fourth-order valence-corrected chi connectivity index (χ4v) is 4.66. The van der Waals surface area contributed by atoms with Crippen LogP contribution in [-0.2, 0) is 30.5 Å². The van der Waals surface area contributed by atoms with Crippen LogP contribution in [0.3, 0.4) is 0 Å². The van der Waals surface area contributed by atoms with Crippen LogP contribution < -0.4 is 10.1 Å². The number of amides is 1. The number of benzene rings is 1. The minimum absolute atomic E-state index is 0.0611. The Morgan fingerprint density at radius 2 is 2.00 bits per heavy atom. The van der Waals surface area contributed by atoms with Gasteiger partial charge in [0.05, 0.1) is 20.3 Å². The van der Waals surface area contributed by atoms with E-state index in [4.69, 9.17) is 14.6 Å². The Hall–Kier alpha value is -2.38. The standard InChI is InChI=1S/C25H36N4O3/c1-18(2)17-29-23-9-6-20(26-11-10-19-4-7-21(31-3)8-5-19)16-22(23)24(27-29)25(30)28-12-14-32-15-13-28/h4-5,7-8,18,20,26H,6,9-17H2,1-3H3. The molecule has 7 heteroatoms. The molecule has 1 unspecified atom stereocenters. The van der Waals surface area contributed by atoms with Crippen LogP contribution in [0, 0.1) is 5.92 Å². The summed E-state index contributed by atoms with van der Waals surface area (Å²) in [4.78, 5) is 15.2. The lowest BCUT2D eigenvalue weighted by atomic mass is 9.90. The number of hydrogen-bond acceptors (Lipinski definition) is 5. The molecule has 0 bridgehead atoms. The maximum Gasteiger partial charge on any atom is 0.274 e. The summed E-state index contributed by atoms with van der Waals surface area (Å²) in [6, 6.07) is 8.63. The van der Waals surface area contributed by atoms with Crippen molar-refractivity contribution in [1.29, 1.82) is 0 Å². The molecule has 4 rings (SSSR count). The number of methoxy groups -OCH3 is 1. The second-order valence-corrected chi connectivity index (χ2v) is 9.25. The average Bonchev–Trinajstić information content (AvgIpc) is 3.16. The summed E-state index contributed by atoms with van der Waals surface area (Å²) in [6.07, 6.45) is 3.87. The Morgan fingerprint density at radius 1 is 1.25 bits per heavy atom. The maximum absolute atomic E-state index is 13.3. The van der Waals surface area contributed by atoms with Crippen LogP contribution >= 0.6 is 0 Å². The number of hydrogen-bond donors (Lipinski definition) is 1. The van der Waals surface area contributed by atoms with Gasteiger partial charge < -0.3 is 19.7 Å². The first-order valence-corrected chi connectivity index (χ1v) is 11.9. The largest absolute Gasteiger partial charge is 0.497 e. The second-order valence-electron chi connectivity index (χ2n) is 9.25. The molecule has 1 saturated heterocycles. The Morgan fingerprint density at radius 3 is 2.69 bits per heavy atom. The van der Waals surface area contributed by atoms with E-state index in [1.807, 2.05) is 17.0 Å². The highest BCUT2D eigenvalue weighted by Gasteiger charge is 2.31. The molecule has 1 aliphatic carbocycles. The highest BCUT2D eigenvalue weighted by Crippen LogP contribution is 2.27. The van der Waals surface area contributed by atoms with E-state index in [2.05, 4.69) is 36.0 Å². The molecule has 0 spiro atoms. The van der Waals surface area contributed by atoms with E-state index >= 15 is 0 Å². The minimum atomic E-state index is 0.0611. The van der Waals surface area contributed by atoms with Crippen LogP contribution in [0.4, 0.5) is 0 Å². The van der Waals surface area contributed by atoms with Crippen molar-refractivity contribution < 1.29 is 14.3 Å². The van der Waals surface area contributed by atoms with Crippen molar-refractivity contribution in [2.24, 2.45) is 5.92 Å². The van der Waals surface area contributed by atoms with Gasteiger partial charge in [-0.2, -0.15) is 5.10 Å². The molecule has 1 atom stereocenters. The Labute approximate surface area is 191 Å². The lowest BCUT2D eigenvalue weighted by Crippen LogP contribution is -2.42. The van der Waals surface area contributed by atoms with Gasteiger partial charge in [-0.3, -0.25) is 9.48 Å². The molecule has 1 aliphatic heterocycles. The van der Waals surface area contributed by atoms with E-state index in [0.29, 0.717) is 44.0 Å². The SMILES string of the molecule is COc1ccc(CCNC2CCc3c(c(C(=O)N4CCOCC4)nn3CC(C)C)C2)cc1. The fourth-order valence-electron chi connectivity index (χ4n) is 4.66. The van der Waals surface area contributed by atoms with E-state index in [9.17, 15) is 4.79 Å². The number of ether oxygens (including phenoxy) is 2. The van der Waals surface area contributed by atoms with E-state index in [1.54, 1.807) is 7.11 Å². The van der Waals surface area contributed by atoms with Crippen LogP contribution in [0.1, 0.15) is 47.6 Å². The fraction of sp³-hybridized carbons (Fsp3) is 0.600. The van der Waals surface area contributed by atoms with Gasteiger partial charge in [0.15, 0.2) is 5.69 Å². The first kappa shape index (κ1) is 22.8. The number of nitrogens with zero attached hydrogens (tertiary/aromatic N) is 3. The monoisotopic (exact) mass is 440 g/mol.